The first kappa shape index (κ1) is 19.9. The molecule has 8 nitrogen and oxygen atoms in total. The summed E-state index contributed by atoms with van der Waals surface area (Å²) in [6.07, 6.45) is 5.55. The number of hydrogen-bond acceptors (Lipinski definition) is 6. The highest BCUT2D eigenvalue weighted by atomic mass is 16.6. The van der Waals surface area contributed by atoms with Crippen molar-refractivity contribution in [2.75, 3.05) is 13.1 Å². The molecule has 2 aliphatic rings. The molecule has 1 heterocycles. The summed E-state index contributed by atoms with van der Waals surface area (Å²) in [6.45, 7) is 3.43. The van der Waals surface area contributed by atoms with Crippen LogP contribution in [0.5, 0.6) is 0 Å². The summed E-state index contributed by atoms with van der Waals surface area (Å²) in [5, 5.41) is 2.58. The average molecular weight is 366 g/mol. The average Bonchev–Trinajstić information content (AvgIpc) is 2.77. The first-order chi connectivity index (χ1) is 12.4. The molecule has 0 saturated carbocycles. The Balaban J connectivity index is 1.70. The lowest BCUT2D eigenvalue weighted by Gasteiger charge is -2.21. The molecule has 3 unspecified atom stereocenters. The fourth-order valence-corrected chi connectivity index (χ4v) is 3.11. The van der Waals surface area contributed by atoms with Crippen LogP contribution in [0.25, 0.3) is 0 Å². The number of esters is 1. The first-order valence-electron chi connectivity index (χ1n) is 8.99. The Morgan fingerprint density at radius 2 is 2.04 bits per heavy atom. The molecule has 0 spiro atoms. The normalized spacial score (nSPS) is 27.5. The van der Waals surface area contributed by atoms with E-state index in [-0.39, 0.29) is 55.4 Å². The van der Waals surface area contributed by atoms with Gasteiger partial charge in [-0.25, -0.2) is 4.79 Å². The van der Waals surface area contributed by atoms with Gasteiger partial charge in [0.25, 0.3) is 0 Å². The van der Waals surface area contributed by atoms with Crippen LogP contribution in [0.2, 0.25) is 0 Å². The first-order valence-corrected chi connectivity index (χ1v) is 8.99. The van der Waals surface area contributed by atoms with Crippen molar-refractivity contribution in [3.05, 3.63) is 12.2 Å². The third kappa shape index (κ3) is 5.86. The number of imide groups is 1. The van der Waals surface area contributed by atoms with Crippen molar-refractivity contribution in [2.24, 2.45) is 5.92 Å². The van der Waals surface area contributed by atoms with Crippen molar-refractivity contribution in [1.29, 1.82) is 0 Å². The Morgan fingerprint density at radius 3 is 2.69 bits per heavy atom. The highest BCUT2D eigenvalue weighted by molar-refractivity contribution is 6.03. The summed E-state index contributed by atoms with van der Waals surface area (Å²) in [4.78, 5) is 47.5. The number of amides is 3. The predicted molar refractivity (Wildman–Crippen MR) is 91.9 cm³/mol. The van der Waals surface area contributed by atoms with E-state index in [0.717, 1.165) is 6.42 Å². The maximum Gasteiger partial charge on any atom is 0.407 e. The third-order valence-corrected chi connectivity index (χ3v) is 4.43. The van der Waals surface area contributed by atoms with Gasteiger partial charge >= 0.3 is 12.1 Å². The van der Waals surface area contributed by atoms with Crippen LogP contribution in [-0.4, -0.2) is 54.1 Å². The van der Waals surface area contributed by atoms with Gasteiger partial charge in [-0.15, -0.1) is 0 Å². The van der Waals surface area contributed by atoms with Crippen LogP contribution in [0.4, 0.5) is 4.79 Å². The molecule has 0 aromatic rings. The second-order valence-corrected chi connectivity index (χ2v) is 6.69. The van der Waals surface area contributed by atoms with Crippen molar-refractivity contribution >= 4 is 23.9 Å². The van der Waals surface area contributed by atoms with Crippen LogP contribution in [0.1, 0.15) is 46.0 Å². The van der Waals surface area contributed by atoms with Crippen molar-refractivity contribution in [3.8, 4) is 0 Å². The Kier molecular flexibility index (Phi) is 7.17. The van der Waals surface area contributed by atoms with E-state index in [1.807, 2.05) is 12.2 Å². The summed E-state index contributed by atoms with van der Waals surface area (Å²) in [5.74, 6) is -0.994. The molecule has 3 amide bonds. The van der Waals surface area contributed by atoms with E-state index >= 15 is 0 Å². The Morgan fingerprint density at radius 1 is 1.27 bits per heavy atom. The van der Waals surface area contributed by atoms with Crippen LogP contribution < -0.4 is 5.32 Å². The van der Waals surface area contributed by atoms with Crippen LogP contribution >= 0.6 is 0 Å². The molecule has 26 heavy (non-hydrogen) atoms. The number of rotatable bonds is 5. The van der Waals surface area contributed by atoms with Crippen LogP contribution in [-0.2, 0) is 23.9 Å². The molecule has 0 aromatic carbocycles. The SMILES string of the molecule is CC(=O)OC1/C=C/CC(OC(=O)NCCN2C(=O)CC(C)C2=O)CCC1. The Labute approximate surface area is 152 Å². The molecule has 2 rings (SSSR count). The summed E-state index contributed by atoms with van der Waals surface area (Å²) >= 11 is 0. The lowest BCUT2D eigenvalue weighted by molar-refractivity contribution is -0.144. The number of nitrogens with one attached hydrogen (secondary N) is 1. The van der Waals surface area contributed by atoms with Crippen molar-refractivity contribution < 1.29 is 28.7 Å². The van der Waals surface area contributed by atoms with E-state index in [1.165, 1.54) is 11.8 Å². The van der Waals surface area contributed by atoms with Gasteiger partial charge in [-0.1, -0.05) is 13.0 Å². The number of carbonyl (C=O) groups excluding carboxylic acids is 4. The van der Waals surface area contributed by atoms with Gasteiger partial charge in [0.05, 0.1) is 0 Å². The van der Waals surface area contributed by atoms with Crippen LogP contribution in [0.3, 0.4) is 0 Å². The topological polar surface area (TPSA) is 102 Å². The molecule has 1 N–H and O–H groups in total. The lowest BCUT2D eigenvalue weighted by atomic mass is 10.0. The molecule has 0 bridgehead atoms. The standard InChI is InChI=1S/C18H26N2O6/c1-12-11-16(22)20(17(12)23)10-9-19-18(24)26-15-7-3-5-14(6-4-8-15)25-13(2)21/h3,5,12,14-15H,4,6-11H2,1-2H3,(H,19,24)/b5-3+. The molecule has 1 saturated heterocycles. The van der Waals surface area contributed by atoms with E-state index in [2.05, 4.69) is 5.32 Å². The molecule has 1 fully saturated rings. The molecule has 1 aliphatic carbocycles. The highest BCUT2D eigenvalue weighted by Crippen LogP contribution is 2.19. The Bertz CT molecular complexity index is 588. The third-order valence-electron chi connectivity index (χ3n) is 4.43. The summed E-state index contributed by atoms with van der Waals surface area (Å²) in [6, 6.07) is 0. The summed E-state index contributed by atoms with van der Waals surface area (Å²) in [5.41, 5.74) is 0. The molecule has 0 radical (unpaired) electrons. The maximum atomic E-state index is 11.9. The van der Waals surface area contributed by atoms with Crippen molar-refractivity contribution in [1.82, 2.24) is 10.2 Å². The monoisotopic (exact) mass is 366 g/mol. The molecule has 8 heteroatoms. The van der Waals surface area contributed by atoms with Crippen molar-refractivity contribution in [2.45, 2.75) is 58.2 Å². The molecular weight excluding hydrogens is 340 g/mol. The molecule has 144 valence electrons. The van der Waals surface area contributed by atoms with Crippen LogP contribution in [0, 0.1) is 5.92 Å². The van der Waals surface area contributed by atoms with Gasteiger partial charge in [0.2, 0.25) is 11.8 Å². The zero-order chi connectivity index (χ0) is 19.1. The number of hydrogen-bond donors (Lipinski definition) is 1. The van der Waals surface area contributed by atoms with E-state index < -0.39 is 6.09 Å². The van der Waals surface area contributed by atoms with Crippen LogP contribution in [0.15, 0.2) is 12.2 Å². The summed E-state index contributed by atoms with van der Waals surface area (Å²) < 4.78 is 10.5. The smallest absolute Gasteiger partial charge is 0.407 e. The Hall–Kier alpha value is -2.38. The van der Waals surface area contributed by atoms with E-state index in [1.54, 1.807) is 6.92 Å². The van der Waals surface area contributed by atoms with Crippen molar-refractivity contribution in [3.63, 3.8) is 0 Å². The molecule has 3 atom stereocenters. The fraction of sp³-hybridized carbons (Fsp3) is 0.667. The van der Waals surface area contributed by atoms with E-state index in [4.69, 9.17) is 9.47 Å². The summed E-state index contributed by atoms with van der Waals surface area (Å²) in [7, 11) is 0. The molecule has 0 aromatic heterocycles. The van der Waals surface area contributed by atoms with E-state index in [0.29, 0.717) is 19.3 Å². The molecule has 1 aliphatic heterocycles. The number of ether oxygens (including phenoxy) is 2. The number of nitrogens with zero attached hydrogens (tertiary/aromatic N) is 1. The molecular formula is C18H26N2O6. The van der Waals surface area contributed by atoms with Gasteiger partial charge in [0, 0.05) is 38.8 Å². The highest BCUT2D eigenvalue weighted by Gasteiger charge is 2.35. The number of likely N-dealkylation sites (tertiary alicyclic amines) is 1. The largest absolute Gasteiger partial charge is 0.458 e. The quantitative estimate of drug-likeness (QED) is 0.450. The van der Waals surface area contributed by atoms with E-state index in [9.17, 15) is 19.2 Å². The number of carbonyl (C=O) groups is 4. The minimum absolute atomic E-state index is 0.158. The van der Waals surface area contributed by atoms with Gasteiger partial charge in [0.1, 0.15) is 12.2 Å². The van der Waals surface area contributed by atoms with Gasteiger partial charge in [-0.2, -0.15) is 0 Å². The second kappa shape index (κ2) is 9.35. The maximum absolute atomic E-state index is 11.9. The fourth-order valence-electron chi connectivity index (χ4n) is 3.11. The predicted octanol–water partition coefficient (Wildman–Crippen LogP) is 1.54. The van der Waals surface area contributed by atoms with Gasteiger partial charge < -0.3 is 14.8 Å². The zero-order valence-corrected chi connectivity index (χ0v) is 15.2. The van der Waals surface area contributed by atoms with Gasteiger partial charge in [0.15, 0.2) is 0 Å². The minimum atomic E-state index is -0.562. The zero-order valence-electron chi connectivity index (χ0n) is 15.2. The number of alkyl carbamates (subject to hydrolysis) is 1. The second-order valence-electron chi connectivity index (χ2n) is 6.69. The lowest BCUT2D eigenvalue weighted by Crippen LogP contribution is -2.39. The van der Waals surface area contributed by atoms with Gasteiger partial charge in [-0.3, -0.25) is 19.3 Å². The van der Waals surface area contributed by atoms with Gasteiger partial charge in [-0.05, 0) is 25.3 Å². The minimum Gasteiger partial charge on any atom is -0.458 e.